The number of piperidine rings is 1. The van der Waals surface area contributed by atoms with Gasteiger partial charge >= 0.3 is 0 Å². The summed E-state index contributed by atoms with van der Waals surface area (Å²) in [7, 11) is 4.25. The Bertz CT molecular complexity index is 451. The summed E-state index contributed by atoms with van der Waals surface area (Å²) in [4.78, 5) is 4.58. The Hall–Kier alpha value is -1.13. The molecule has 2 N–H and O–H groups in total. The number of anilines is 1. The Kier molecular flexibility index (Phi) is 5.59. The number of hydrogen-bond acceptors (Lipinski definition) is 3. The van der Waals surface area contributed by atoms with E-state index in [1.165, 1.54) is 12.8 Å². The van der Waals surface area contributed by atoms with Gasteiger partial charge in [-0.05, 0) is 58.3 Å². The zero-order valence-electron chi connectivity index (χ0n) is 13.5. The molecule has 118 valence electrons. The van der Waals surface area contributed by atoms with Gasteiger partial charge in [0.15, 0.2) is 0 Å². The molecule has 1 heterocycles. The Morgan fingerprint density at radius 2 is 2.00 bits per heavy atom. The topological polar surface area (TPSA) is 32.5 Å². The first-order valence-electron chi connectivity index (χ1n) is 7.90. The second kappa shape index (κ2) is 7.23. The van der Waals surface area contributed by atoms with Crippen molar-refractivity contribution in [2.75, 3.05) is 38.6 Å². The van der Waals surface area contributed by atoms with Crippen molar-refractivity contribution in [2.45, 2.75) is 32.2 Å². The van der Waals surface area contributed by atoms with Crippen LogP contribution in [0.1, 0.15) is 25.3 Å². The molecular weight excluding hydrogens is 265 g/mol. The fourth-order valence-corrected chi connectivity index (χ4v) is 3.24. The number of halogens is 1. The summed E-state index contributed by atoms with van der Waals surface area (Å²) in [6, 6.07) is 5.36. The van der Waals surface area contributed by atoms with Crippen molar-refractivity contribution < 1.29 is 4.39 Å². The number of hydrogen-bond donors (Lipinski definition) is 1. The van der Waals surface area contributed by atoms with Gasteiger partial charge < -0.3 is 15.5 Å². The summed E-state index contributed by atoms with van der Waals surface area (Å²) in [5.41, 5.74) is 7.69. The Morgan fingerprint density at radius 3 is 2.57 bits per heavy atom. The van der Waals surface area contributed by atoms with Crippen LogP contribution in [0.2, 0.25) is 0 Å². The van der Waals surface area contributed by atoms with Crippen LogP contribution in [0.4, 0.5) is 10.1 Å². The minimum Gasteiger partial charge on any atom is -0.371 e. The highest BCUT2D eigenvalue weighted by Crippen LogP contribution is 2.29. The molecule has 1 unspecified atom stereocenters. The maximum atomic E-state index is 14.1. The number of nitrogens with two attached hydrogens (primary N) is 1. The van der Waals surface area contributed by atoms with E-state index in [1.807, 2.05) is 13.0 Å². The van der Waals surface area contributed by atoms with Crippen molar-refractivity contribution in [3.8, 4) is 0 Å². The molecule has 1 aromatic rings. The first-order chi connectivity index (χ1) is 9.97. The van der Waals surface area contributed by atoms with Gasteiger partial charge in [-0.3, -0.25) is 0 Å². The number of nitrogens with zero attached hydrogens (tertiary/aromatic N) is 2. The molecule has 1 fully saturated rings. The van der Waals surface area contributed by atoms with Crippen molar-refractivity contribution in [2.24, 2.45) is 11.7 Å². The lowest BCUT2D eigenvalue weighted by Crippen LogP contribution is -2.38. The lowest BCUT2D eigenvalue weighted by molar-refractivity contribution is 0.285. The van der Waals surface area contributed by atoms with Crippen molar-refractivity contribution in [3.05, 3.63) is 29.6 Å². The van der Waals surface area contributed by atoms with E-state index in [0.29, 0.717) is 6.42 Å². The van der Waals surface area contributed by atoms with E-state index in [-0.39, 0.29) is 11.9 Å². The number of benzene rings is 1. The van der Waals surface area contributed by atoms with Gasteiger partial charge in [0.25, 0.3) is 0 Å². The van der Waals surface area contributed by atoms with E-state index in [1.54, 1.807) is 12.1 Å². The Labute approximate surface area is 127 Å². The van der Waals surface area contributed by atoms with E-state index in [0.717, 1.165) is 36.8 Å². The fourth-order valence-electron chi connectivity index (χ4n) is 3.24. The first kappa shape index (κ1) is 16.2. The van der Waals surface area contributed by atoms with Gasteiger partial charge in [0.1, 0.15) is 5.82 Å². The molecule has 1 aromatic carbocycles. The van der Waals surface area contributed by atoms with Gasteiger partial charge in [-0.25, -0.2) is 4.39 Å². The van der Waals surface area contributed by atoms with Crippen molar-refractivity contribution in [1.82, 2.24) is 4.90 Å². The maximum Gasteiger partial charge on any atom is 0.128 e. The van der Waals surface area contributed by atoms with Crippen LogP contribution in [-0.2, 0) is 6.42 Å². The van der Waals surface area contributed by atoms with Crippen LogP contribution < -0.4 is 10.6 Å². The zero-order valence-corrected chi connectivity index (χ0v) is 13.5. The lowest BCUT2D eigenvalue weighted by Gasteiger charge is -2.36. The van der Waals surface area contributed by atoms with Crippen molar-refractivity contribution in [1.29, 1.82) is 0 Å². The third-order valence-corrected chi connectivity index (χ3v) is 4.20. The Balaban J connectivity index is 2.08. The average molecular weight is 293 g/mol. The molecule has 1 aliphatic heterocycles. The maximum absolute atomic E-state index is 14.1. The van der Waals surface area contributed by atoms with Crippen molar-refractivity contribution in [3.63, 3.8) is 0 Å². The Morgan fingerprint density at radius 1 is 1.33 bits per heavy atom. The standard InChI is InChI=1S/C17H28FN3/c1-13(19)11-15-16(18)5-4-6-17(15)21-9-7-14(8-10-21)12-20(2)3/h4-6,13-14H,7-12,19H2,1-3H3. The van der Waals surface area contributed by atoms with Gasteiger partial charge in [0.05, 0.1) is 0 Å². The SMILES string of the molecule is CC(N)Cc1c(F)cccc1N1CCC(CN(C)C)CC1. The van der Waals surface area contributed by atoms with Gasteiger partial charge in [-0.1, -0.05) is 6.07 Å². The van der Waals surface area contributed by atoms with Gasteiger partial charge in [0.2, 0.25) is 0 Å². The quantitative estimate of drug-likeness (QED) is 0.905. The molecule has 0 radical (unpaired) electrons. The second-order valence-electron chi connectivity index (χ2n) is 6.61. The predicted molar refractivity (Wildman–Crippen MR) is 87.2 cm³/mol. The average Bonchev–Trinajstić information content (AvgIpc) is 2.41. The summed E-state index contributed by atoms with van der Waals surface area (Å²) >= 11 is 0. The molecule has 0 saturated carbocycles. The van der Waals surface area contributed by atoms with Crippen LogP contribution in [0.3, 0.4) is 0 Å². The van der Waals surface area contributed by atoms with E-state index in [9.17, 15) is 4.39 Å². The molecule has 4 heteroatoms. The van der Waals surface area contributed by atoms with Crippen LogP contribution in [0.5, 0.6) is 0 Å². The van der Waals surface area contributed by atoms with E-state index in [2.05, 4.69) is 23.9 Å². The molecule has 0 aromatic heterocycles. The summed E-state index contributed by atoms with van der Waals surface area (Å²) < 4.78 is 14.1. The number of rotatable bonds is 5. The third-order valence-electron chi connectivity index (χ3n) is 4.20. The van der Waals surface area contributed by atoms with Crippen LogP contribution in [-0.4, -0.2) is 44.7 Å². The summed E-state index contributed by atoms with van der Waals surface area (Å²) in [5.74, 6) is 0.627. The summed E-state index contributed by atoms with van der Waals surface area (Å²) in [6.45, 7) is 5.09. The zero-order chi connectivity index (χ0) is 15.4. The largest absolute Gasteiger partial charge is 0.371 e. The lowest BCUT2D eigenvalue weighted by atomic mass is 9.94. The van der Waals surface area contributed by atoms with E-state index < -0.39 is 0 Å². The monoisotopic (exact) mass is 293 g/mol. The van der Waals surface area contributed by atoms with Crippen LogP contribution in [0.25, 0.3) is 0 Å². The molecule has 1 saturated heterocycles. The normalized spacial score (nSPS) is 18.3. The predicted octanol–water partition coefficient (Wildman–Crippen LogP) is 2.49. The first-order valence-corrected chi connectivity index (χ1v) is 7.90. The molecule has 3 nitrogen and oxygen atoms in total. The summed E-state index contributed by atoms with van der Waals surface area (Å²) in [5, 5.41) is 0. The molecule has 0 spiro atoms. The molecule has 1 atom stereocenters. The van der Waals surface area contributed by atoms with Gasteiger partial charge in [-0.15, -0.1) is 0 Å². The van der Waals surface area contributed by atoms with Gasteiger partial charge in [-0.2, -0.15) is 0 Å². The van der Waals surface area contributed by atoms with Crippen LogP contribution in [0, 0.1) is 11.7 Å². The molecule has 0 aliphatic carbocycles. The minimum atomic E-state index is -0.125. The smallest absolute Gasteiger partial charge is 0.128 e. The van der Waals surface area contributed by atoms with E-state index >= 15 is 0 Å². The molecule has 2 rings (SSSR count). The molecule has 0 bridgehead atoms. The summed E-state index contributed by atoms with van der Waals surface area (Å²) in [6.07, 6.45) is 2.94. The van der Waals surface area contributed by atoms with Crippen molar-refractivity contribution >= 4 is 5.69 Å². The molecule has 21 heavy (non-hydrogen) atoms. The second-order valence-corrected chi connectivity index (χ2v) is 6.61. The highest BCUT2D eigenvalue weighted by molar-refractivity contribution is 5.55. The minimum absolute atomic E-state index is 0.0214. The molecule has 1 aliphatic rings. The van der Waals surface area contributed by atoms with Gasteiger partial charge in [0, 0.05) is 36.9 Å². The highest BCUT2D eigenvalue weighted by Gasteiger charge is 2.22. The fraction of sp³-hybridized carbons (Fsp3) is 0.647. The highest BCUT2D eigenvalue weighted by atomic mass is 19.1. The van der Waals surface area contributed by atoms with Crippen LogP contribution >= 0.6 is 0 Å². The van der Waals surface area contributed by atoms with E-state index in [4.69, 9.17) is 5.73 Å². The third kappa shape index (κ3) is 4.42. The molecule has 0 amide bonds. The molecular formula is C17H28FN3. The van der Waals surface area contributed by atoms with Crippen LogP contribution in [0.15, 0.2) is 18.2 Å².